The molecule has 0 bridgehead atoms. The number of aromatic nitrogens is 3. The number of anilines is 1. The smallest absolute Gasteiger partial charge is 0.157 e. The number of nitrogens with zero attached hydrogens (tertiary/aromatic N) is 3. The van der Waals surface area contributed by atoms with Crippen LogP contribution in [0.3, 0.4) is 0 Å². The molecule has 2 N–H and O–H groups in total. The Morgan fingerprint density at radius 3 is 2.89 bits per heavy atom. The Labute approximate surface area is 105 Å². The molecule has 1 aromatic carbocycles. The first-order valence-corrected chi connectivity index (χ1v) is 5.88. The summed E-state index contributed by atoms with van der Waals surface area (Å²) >= 11 is 0. The monoisotopic (exact) mass is 238 g/mol. The highest BCUT2D eigenvalue weighted by molar-refractivity contribution is 5.50. The molecule has 0 atom stereocenters. The lowest BCUT2D eigenvalue weighted by atomic mass is 10.1. The fourth-order valence-corrected chi connectivity index (χ4v) is 2.00. The standard InChI is InChI=1S/C14H14N4/c1-10-4-2-3-5-11(10)8-13-16-14-9-12(15)6-7-18(14)17-13/h2-7,9H,8,15H2,1H3. The average molecular weight is 238 g/mol. The van der Waals surface area contributed by atoms with Crippen molar-refractivity contribution in [1.29, 1.82) is 0 Å². The molecular formula is C14H14N4. The van der Waals surface area contributed by atoms with Crippen molar-refractivity contribution in [3.8, 4) is 0 Å². The van der Waals surface area contributed by atoms with E-state index in [1.165, 1.54) is 11.1 Å². The maximum absolute atomic E-state index is 5.73. The van der Waals surface area contributed by atoms with E-state index in [-0.39, 0.29) is 0 Å². The Balaban J connectivity index is 1.98. The molecule has 0 saturated carbocycles. The van der Waals surface area contributed by atoms with Gasteiger partial charge in [0.25, 0.3) is 0 Å². The van der Waals surface area contributed by atoms with Gasteiger partial charge in [0.05, 0.1) is 0 Å². The Kier molecular flexibility index (Phi) is 2.48. The van der Waals surface area contributed by atoms with E-state index >= 15 is 0 Å². The predicted octanol–water partition coefficient (Wildman–Crippen LogP) is 2.21. The van der Waals surface area contributed by atoms with Crippen LogP contribution in [0.2, 0.25) is 0 Å². The molecule has 18 heavy (non-hydrogen) atoms. The Bertz CT molecular complexity index is 700. The van der Waals surface area contributed by atoms with E-state index in [4.69, 9.17) is 5.73 Å². The number of aryl methyl sites for hydroxylation is 1. The van der Waals surface area contributed by atoms with E-state index in [2.05, 4.69) is 29.1 Å². The Hall–Kier alpha value is -2.36. The number of hydrogen-bond donors (Lipinski definition) is 1. The van der Waals surface area contributed by atoms with Gasteiger partial charge in [0.15, 0.2) is 11.5 Å². The quantitative estimate of drug-likeness (QED) is 0.744. The van der Waals surface area contributed by atoms with Crippen LogP contribution in [-0.2, 0) is 6.42 Å². The summed E-state index contributed by atoms with van der Waals surface area (Å²) < 4.78 is 1.75. The normalized spacial score (nSPS) is 10.9. The third-order valence-electron chi connectivity index (χ3n) is 3.02. The average Bonchev–Trinajstić information content (AvgIpc) is 2.73. The van der Waals surface area contributed by atoms with Gasteiger partial charge in [-0.2, -0.15) is 5.10 Å². The molecule has 0 unspecified atom stereocenters. The molecule has 0 aliphatic rings. The highest BCUT2D eigenvalue weighted by Crippen LogP contribution is 2.13. The lowest BCUT2D eigenvalue weighted by molar-refractivity contribution is 0.898. The molecule has 4 nitrogen and oxygen atoms in total. The van der Waals surface area contributed by atoms with Crippen molar-refractivity contribution in [2.75, 3.05) is 5.73 Å². The molecule has 2 heterocycles. The van der Waals surface area contributed by atoms with Crippen LogP contribution in [0.15, 0.2) is 42.6 Å². The summed E-state index contributed by atoms with van der Waals surface area (Å²) in [6, 6.07) is 11.9. The summed E-state index contributed by atoms with van der Waals surface area (Å²) in [5, 5.41) is 4.44. The number of fused-ring (bicyclic) bond motifs is 1. The van der Waals surface area contributed by atoms with Gasteiger partial charge in [-0.3, -0.25) is 0 Å². The number of rotatable bonds is 2. The van der Waals surface area contributed by atoms with Crippen LogP contribution in [0.4, 0.5) is 5.69 Å². The summed E-state index contributed by atoms with van der Waals surface area (Å²) in [5.74, 6) is 0.815. The first-order chi connectivity index (χ1) is 8.72. The number of benzene rings is 1. The van der Waals surface area contributed by atoms with Crippen LogP contribution in [0.5, 0.6) is 0 Å². The first-order valence-electron chi connectivity index (χ1n) is 5.88. The molecule has 0 aliphatic heterocycles. The molecule has 2 aromatic heterocycles. The van der Waals surface area contributed by atoms with Gasteiger partial charge in [0.1, 0.15) is 0 Å². The van der Waals surface area contributed by atoms with E-state index in [1.807, 2.05) is 30.5 Å². The summed E-state index contributed by atoms with van der Waals surface area (Å²) in [6.07, 6.45) is 2.58. The Morgan fingerprint density at radius 1 is 1.22 bits per heavy atom. The largest absolute Gasteiger partial charge is 0.399 e. The van der Waals surface area contributed by atoms with E-state index in [0.29, 0.717) is 5.69 Å². The first kappa shape index (κ1) is 10.8. The zero-order valence-electron chi connectivity index (χ0n) is 10.2. The molecule has 0 saturated heterocycles. The number of nitrogens with two attached hydrogens (primary N) is 1. The molecule has 0 aliphatic carbocycles. The molecule has 0 spiro atoms. The minimum atomic E-state index is 0.706. The van der Waals surface area contributed by atoms with Crippen molar-refractivity contribution < 1.29 is 0 Å². The number of nitrogen functional groups attached to an aromatic ring is 1. The molecule has 3 aromatic rings. The third kappa shape index (κ3) is 1.93. The predicted molar refractivity (Wildman–Crippen MR) is 71.4 cm³/mol. The molecule has 0 amide bonds. The second-order valence-electron chi connectivity index (χ2n) is 4.39. The molecule has 90 valence electrons. The summed E-state index contributed by atoms with van der Waals surface area (Å²) in [7, 11) is 0. The zero-order chi connectivity index (χ0) is 12.5. The lowest BCUT2D eigenvalue weighted by Crippen LogP contribution is -1.94. The maximum atomic E-state index is 5.73. The molecule has 0 radical (unpaired) electrons. The minimum Gasteiger partial charge on any atom is -0.399 e. The third-order valence-corrected chi connectivity index (χ3v) is 3.02. The lowest BCUT2D eigenvalue weighted by Gasteiger charge is -2.01. The second kappa shape index (κ2) is 4.14. The van der Waals surface area contributed by atoms with Gasteiger partial charge in [-0.05, 0) is 24.1 Å². The van der Waals surface area contributed by atoms with Gasteiger partial charge in [0.2, 0.25) is 0 Å². The SMILES string of the molecule is Cc1ccccc1Cc1nc2cc(N)ccn2n1. The highest BCUT2D eigenvalue weighted by Gasteiger charge is 2.06. The van der Waals surface area contributed by atoms with Gasteiger partial charge in [-0.1, -0.05) is 24.3 Å². The van der Waals surface area contributed by atoms with Crippen LogP contribution in [0.1, 0.15) is 17.0 Å². The highest BCUT2D eigenvalue weighted by atomic mass is 15.3. The Morgan fingerprint density at radius 2 is 2.06 bits per heavy atom. The fraction of sp³-hybridized carbons (Fsp3) is 0.143. The summed E-state index contributed by atoms with van der Waals surface area (Å²) in [5.41, 5.74) is 9.74. The molecule has 4 heteroatoms. The van der Waals surface area contributed by atoms with Crippen molar-refractivity contribution in [2.45, 2.75) is 13.3 Å². The second-order valence-corrected chi connectivity index (χ2v) is 4.39. The van der Waals surface area contributed by atoms with Crippen LogP contribution >= 0.6 is 0 Å². The summed E-state index contributed by atoms with van der Waals surface area (Å²) in [6.45, 7) is 2.10. The van der Waals surface area contributed by atoms with Gasteiger partial charge in [0, 0.05) is 24.4 Å². The van der Waals surface area contributed by atoms with E-state index in [9.17, 15) is 0 Å². The molecule has 0 fully saturated rings. The van der Waals surface area contributed by atoms with Gasteiger partial charge in [-0.15, -0.1) is 0 Å². The van der Waals surface area contributed by atoms with Crippen molar-refractivity contribution in [1.82, 2.24) is 14.6 Å². The summed E-state index contributed by atoms with van der Waals surface area (Å²) in [4.78, 5) is 4.48. The zero-order valence-corrected chi connectivity index (χ0v) is 10.2. The minimum absolute atomic E-state index is 0.706. The molecule has 3 rings (SSSR count). The van der Waals surface area contributed by atoms with Crippen LogP contribution < -0.4 is 5.73 Å². The van der Waals surface area contributed by atoms with Crippen molar-refractivity contribution in [2.24, 2.45) is 0 Å². The van der Waals surface area contributed by atoms with Crippen molar-refractivity contribution in [3.63, 3.8) is 0 Å². The van der Waals surface area contributed by atoms with Crippen LogP contribution in [0.25, 0.3) is 5.65 Å². The van der Waals surface area contributed by atoms with Crippen molar-refractivity contribution in [3.05, 3.63) is 59.5 Å². The maximum Gasteiger partial charge on any atom is 0.157 e. The van der Waals surface area contributed by atoms with Crippen molar-refractivity contribution >= 4 is 11.3 Å². The van der Waals surface area contributed by atoms with Crippen LogP contribution in [0, 0.1) is 6.92 Å². The van der Waals surface area contributed by atoms with E-state index < -0.39 is 0 Å². The van der Waals surface area contributed by atoms with Gasteiger partial charge >= 0.3 is 0 Å². The van der Waals surface area contributed by atoms with E-state index in [0.717, 1.165) is 17.9 Å². The number of pyridine rings is 1. The van der Waals surface area contributed by atoms with Crippen LogP contribution in [-0.4, -0.2) is 14.6 Å². The molecular weight excluding hydrogens is 224 g/mol. The van der Waals surface area contributed by atoms with Gasteiger partial charge < -0.3 is 5.73 Å². The topological polar surface area (TPSA) is 56.2 Å². The number of hydrogen-bond acceptors (Lipinski definition) is 3. The van der Waals surface area contributed by atoms with Gasteiger partial charge in [-0.25, -0.2) is 9.50 Å². The van der Waals surface area contributed by atoms with E-state index in [1.54, 1.807) is 4.52 Å². The fourth-order valence-electron chi connectivity index (χ4n) is 2.00.